The number of hydroxylamine groups is 1. The molecule has 3 N–H and O–H groups in total. The molecule has 1 unspecified atom stereocenters. The molecule has 3 rings (SSSR count). The van der Waals surface area contributed by atoms with Crippen LogP contribution in [0, 0.1) is 5.92 Å². The van der Waals surface area contributed by atoms with Crippen LogP contribution in [0.4, 0.5) is 5.82 Å². The minimum absolute atomic E-state index is 0.302. The molecule has 1 aromatic heterocycles. The summed E-state index contributed by atoms with van der Waals surface area (Å²) in [6.07, 6.45) is -0.0633. The zero-order valence-corrected chi connectivity index (χ0v) is 19.9. The van der Waals surface area contributed by atoms with Gasteiger partial charge in [-0.1, -0.05) is 29.8 Å². The molecule has 1 aliphatic rings. The molecule has 0 radical (unpaired) electrons. The number of halogens is 1. The molecule has 184 valence electrons. The Morgan fingerprint density at radius 3 is 2.47 bits per heavy atom. The van der Waals surface area contributed by atoms with E-state index in [-0.39, 0.29) is 5.91 Å². The number of aryl methyl sites for hydroxylation is 1. The quantitative estimate of drug-likeness (QED) is 0.266. The van der Waals surface area contributed by atoms with E-state index in [1.165, 1.54) is 5.48 Å². The number of carbonyl (C=O) groups is 2. The highest BCUT2D eigenvalue weighted by Gasteiger charge is 2.35. The van der Waals surface area contributed by atoms with Crippen molar-refractivity contribution in [2.45, 2.75) is 32.3 Å². The van der Waals surface area contributed by atoms with Crippen molar-refractivity contribution in [3.8, 4) is 5.75 Å². The summed E-state index contributed by atoms with van der Waals surface area (Å²) in [5.74, 6) is -0.707. The number of hydrogen-bond donors (Lipinski definition) is 3. The van der Waals surface area contributed by atoms with Crippen molar-refractivity contribution in [2.75, 3.05) is 37.7 Å². The van der Waals surface area contributed by atoms with E-state index in [2.05, 4.69) is 4.98 Å². The summed E-state index contributed by atoms with van der Waals surface area (Å²) in [6.45, 7) is 4.48. The molecule has 0 saturated carbocycles. The number of nitrogens with one attached hydrogen (secondary N) is 1. The fourth-order valence-electron chi connectivity index (χ4n) is 4.07. The van der Waals surface area contributed by atoms with E-state index < -0.39 is 17.9 Å². The summed E-state index contributed by atoms with van der Waals surface area (Å²) in [6, 6.07) is 13.1. The molecule has 2 aromatic rings. The molecule has 0 bridgehead atoms. The number of aromatic nitrogens is 1. The van der Waals surface area contributed by atoms with E-state index in [9.17, 15) is 14.7 Å². The van der Waals surface area contributed by atoms with E-state index in [1.54, 1.807) is 11.0 Å². The second-order valence-electron chi connectivity index (χ2n) is 8.13. The Balaban J connectivity index is 1.59. The fourth-order valence-corrected chi connectivity index (χ4v) is 4.23. The first-order chi connectivity index (χ1) is 16.4. The molecular formula is C24H31ClN4O5. The molecule has 2 atom stereocenters. The number of aliphatic hydroxyl groups is 1. The van der Waals surface area contributed by atoms with Crippen LogP contribution in [-0.2, 0) is 16.0 Å². The zero-order valence-electron chi connectivity index (χ0n) is 19.2. The molecule has 0 aliphatic carbocycles. The molecule has 2 heterocycles. The lowest BCUT2D eigenvalue weighted by atomic mass is 9.92. The number of benzene rings is 1. The number of carbonyl (C=O) groups excluding carboxylic acids is 2. The Hall–Kier alpha value is -2.88. The highest BCUT2D eigenvalue weighted by Crippen LogP contribution is 2.22. The average Bonchev–Trinajstić information content (AvgIpc) is 2.86. The van der Waals surface area contributed by atoms with Gasteiger partial charge in [-0.25, -0.2) is 10.5 Å². The third-order valence-corrected chi connectivity index (χ3v) is 6.12. The Kier molecular flexibility index (Phi) is 9.50. The van der Waals surface area contributed by atoms with Gasteiger partial charge in [0.1, 0.15) is 22.8 Å². The van der Waals surface area contributed by atoms with E-state index >= 15 is 0 Å². The highest BCUT2D eigenvalue weighted by atomic mass is 35.5. The molecular weight excluding hydrogens is 460 g/mol. The van der Waals surface area contributed by atoms with Gasteiger partial charge in [-0.15, -0.1) is 0 Å². The van der Waals surface area contributed by atoms with Gasteiger partial charge in [0.05, 0.1) is 12.5 Å². The maximum absolute atomic E-state index is 13.2. The number of nitrogens with zero attached hydrogens (tertiary/aromatic N) is 3. The lowest BCUT2D eigenvalue weighted by Crippen LogP contribution is -2.53. The van der Waals surface area contributed by atoms with Crippen molar-refractivity contribution in [1.82, 2.24) is 15.4 Å². The van der Waals surface area contributed by atoms with Crippen LogP contribution >= 0.6 is 11.6 Å². The van der Waals surface area contributed by atoms with E-state index in [4.69, 9.17) is 21.5 Å². The minimum atomic E-state index is -1.63. The number of piperazine rings is 1. The Labute approximate surface area is 204 Å². The van der Waals surface area contributed by atoms with Gasteiger partial charge in [-0.3, -0.25) is 14.8 Å². The summed E-state index contributed by atoms with van der Waals surface area (Å²) in [7, 11) is 0. The number of rotatable bonds is 10. The highest BCUT2D eigenvalue weighted by molar-refractivity contribution is 6.29. The summed E-state index contributed by atoms with van der Waals surface area (Å²) in [4.78, 5) is 33.2. The molecule has 1 aromatic carbocycles. The Morgan fingerprint density at radius 1 is 1.15 bits per heavy atom. The molecule has 1 fully saturated rings. The number of pyridine rings is 1. The fraction of sp³-hybridized carbons (Fsp3) is 0.458. The molecule has 2 amide bonds. The smallest absolute Gasteiger partial charge is 0.272 e. The standard InChI is InChI=1S/C24H31ClN4O5/c1-2-34-18-11-9-17(10-12-18)5-3-6-19(22(30)23(31)27-33)24(32)29-15-13-28(14-16-29)21-8-4-7-20(25)26-21/h4,7-12,19,22,30,33H,2-3,5-6,13-16H2,1H3,(H,27,31)/t19?,22-/m0/s1. The van der Waals surface area contributed by atoms with Gasteiger partial charge in [0.2, 0.25) is 5.91 Å². The topological polar surface area (TPSA) is 115 Å². The zero-order chi connectivity index (χ0) is 24.5. The van der Waals surface area contributed by atoms with Gasteiger partial charge in [0.25, 0.3) is 5.91 Å². The van der Waals surface area contributed by atoms with Crippen molar-refractivity contribution >= 4 is 29.2 Å². The largest absolute Gasteiger partial charge is 0.494 e. The van der Waals surface area contributed by atoms with Gasteiger partial charge in [0.15, 0.2) is 0 Å². The third-order valence-electron chi connectivity index (χ3n) is 5.91. The van der Waals surface area contributed by atoms with Crippen LogP contribution in [-0.4, -0.2) is 70.9 Å². The molecule has 10 heteroatoms. The van der Waals surface area contributed by atoms with Crippen LogP contribution in [0.5, 0.6) is 5.75 Å². The number of amides is 2. The van der Waals surface area contributed by atoms with E-state index in [0.29, 0.717) is 57.2 Å². The van der Waals surface area contributed by atoms with Crippen LogP contribution in [0.3, 0.4) is 0 Å². The van der Waals surface area contributed by atoms with Crippen molar-refractivity contribution in [2.24, 2.45) is 5.92 Å². The number of aliphatic hydroxyl groups excluding tert-OH is 1. The van der Waals surface area contributed by atoms with Crippen LogP contribution in [0.25, 0.3) is 0 Å². The summed E-state index contributed by atoms with van der Waals surface area (Å²) in [5, 5.41) is 19.8. The Bertz CT molecular complexity index is 951. The first-order valence-corrected chi connectivity index (χ1v) is 11.8. The normalized spacial score (nSPS) is 15.5. The van der Waals surface area contributed by atoms with Crippen molar-refractivity contribution in [1.29, 1.82) is 0 Å². The van der Waals surface area contributed by atoms with Gasteiger partial charge < -0.3 is 19.6 Å². The maximum Gasteiger partial charge on any atom is 0.272 e. The van der Waals surface area contributed by atoms with Crippen LogP contribution in [0.1, 0.15) is 25.3 Å². The molecule has 1 aliphatic heterocycles. The lowest BCUT2D eigenvalue weighted by Gasteiger charge is -2.37. The second kappa shape index (κ2) is 12.5. The van der Waals surface area contributed by atoms with Crippen LogP contribution in [0.2, 0.25) is 5.15 Å². The van der Waals surface area contributed by atoms with Gasteiger partial charge in [0, 0.05) is 26.2 Å². The first kappa shape index (κ1) is 25.7. The summed E-state index contributed by atoms with van der Waals surface area (Å²) in [5.41, 5.74) is 2.53. The van der Waals surface area contributed by atoms with Crippen molar-refractivity contribution < 1.29 is 24.6 Å². The first-order valence-electron chi connectivity index (χ1n) is 11.4. The molecule has 34 heavy (non-hydrogen) atoms. The lowest BCUT2D eigenvalue weighted by molar-refractivity contribution is -0.151. The van der Waals surface area contributed by atoms with Gasteiger partial charge in [-0.05, 0) is 56.0 Å². The molecule has 0 spiro atoms. The SMILES string of the molecule is CCOc1ccc(CCCC(C(=O)N2CCN(c3cccc(Cl)n3)CC2)[C@H](O)C(=O)NO)cc1. The average molecular weight is 491 g/mol. The van der Waals surface area contributed by atoms with Gasteiger partial charge >= 0.3 is 0 Å². The van der Waals surface area contributed by atoms with Crippen LogP contribution < -0.4 is 15.1 Å². The van der Waals surface area contributed by atoms with Crippen LogP contribution in [0.15, 0.2) is 42.5 Å². The number of ether oxygens (including phenoxy) is 1. The van der Waals surface area contributed by atoms with Crippen molar-refractivity contribution in [3.05, 3.63) is 53.2 Å². The molecule has 1 saturated heterocycles. The monoisotopic (exact) mass is 490 g/mol. The van der Waals surface area contributed by atoms with Gasteiger partial charge in [-0.2, -0.15) is 0 Å². The number of hydrogen-bond acceptors (Lipinski definition) is 7. The predicted molar refractivity (Wildman–Crippen MR) is 128 cm³/mol. The van der Waals surface area contributed by atoms with Crippen molar-refractivity contribution in [3.63, 3.8) is 0 Å². The maximum atomic E-state index is 13.2. The predicted octanol–water partition coefficient (Wildman–Crippen LogP) is 2.29. The Morgan fingerprint density at radius 2 is 1.85 bits per heavy atom. The third kappa shape index (κ3) is 6.82. The number of anilines is 1. The van der Waals surface area contributed by atoms with E-state index in [0.717, 1.165) is 17.1 Å². The second-order valence-corrected chi connectivity index (χ2v) is 8.51. The van der Waals surface area contributed by atoms with E-state index in [1.807, 2.05) is 48.2 Å². The minimum Gasteiger partial charge on any atom is -0.494 e. The summed E-state index contributed by atoms with van der Waals surface area (Å²) < 4.78 is 5.45. The summed E-state index contributed by atoms with van der Waals surface area (Å²) >= 11 is 5.98. The molecule has 9 nitrogen and oxygen atoms in total.